The van der Waals surface area contributed by atoms with Crippen LogP contribution < -0.4 is 4.90 Å². The number of hydrogen-bond donors (Lipinski definition) is 0. The average Bonchev–Trinajstić information content (AvgIpc) is 2.79. The van der Waals surface area contributed by atoms with Gasteiger partial charge in [0.05, 0.1) is 10.6 Å². The average molecular weight is 268 g/mol. The van der Waals surface area contributed by atoms with Crippen molar-refractivity contribution in [3.8, 4) is 0 Å². The summed E-state index contributed by atoms with van der Waals surface area (Å²) in [5, 5.41) is 0.989. The van der Waals surface area contributed by atoms with E-state index in [2.05, 4.69) is 44.5 Å². The van der Waals surface area contributed by atoms with Crippen LogP contribution in [-0.4, -0.2) is 24.4 Å². The third kappa shape index (κ3) is 3.55. The molecule has 0 fully saturated rings. The van der Waals surface area contributed by atoms with Crippen LogP contribution in [0.25, 0.3) is 0 Å². The summed E-state index contributed by atoms with van der Waals surface area (Å²) < 4.78 is 0. The van der Waals surface area contributed by atoms with Crippen LogP contribution in [0.4, 0.5) is 5.13 Å². The first kappa shape index (κ1) is 15.2. The summed E-state index contributed by atoms with van der Waals surface area (Å²) in [6.07, 6.45) is 2.10. The van der Waals surface area contributed by atoms with Crippen molar-refractivity contribution in [3.63, 3.8) is 0 Å². The maximum Gasteiger partial charge on any atom is 0.186 e. The molecule has 0 aliphatic carbocycles. The summed E-state index contributed by atoms with van der Waals surface area (Å²) in [5.74, 6) is 0.952. The molecule has 1 atom stereocenters. The van der Waals surface area contributed by atoms with Gasteiger partial charge in [0, 0.05) is 13.1 Å². The number of anilines is 1. The molecular weight excluding hydrogens is 244 g/mol. The topological polar surface area (TPSA) is 33.2 Å². The molecule has 18 heavy (non-hydrogen) atoms. The number of hydrogen-bond acceptors (Lipinski definition) is 4. The summed E-state index contributed by atoms with van der Waals surface area (Å²) in [4.78, 5) is 18.8. The molecule has 1 aromatic heterocycles. The van der Waals surface area contributed by atoms with Gasteiger partial charge in [0.1, 0.15) is 0 Å². The summed E-state index contributed by atoms with van der Waals surface area (Å²) in [6, 6.07) is 0. The predicted molar refractivity (Wildman–Crippen MR) is 78.9 cm³/mol. The van der Waals surface area contributed by atoms with E-state index in [-0.39, 0.29) is 0 Å². The van der Waals surface area contributed by atoms with E-state index in [1.54, 1.807) is 0 Å². The smallest absolute Gasteiger partial charge is 0.186 e. The summed E-state index contributed by atoms with van der Waals surface area (Å²) in [7, 11) is 0. The number of aromatic nitrogens is 1. The molecule has 0 aliphatic rings. The zero-order chi connectivity index (χ0) is 13.7. The number of carbonyl (C=O) groups is 1. The number of nitrogens with zero attached hydrogens (tertiary/aromatic N) is 2. The molecule has 0 radical (unpaired) electrons. The van der Waals surface area contributed by atoms with Gasteiger partial charge in [-0.1, -0.05) is 45.5 Å². The number of aldehydes is 1. The van der Waals surface area contributed by atoms with Crippen molar-refractivity contribution in [2.24, 2.45) is 5.92 Å². The van der Waals surface area contributed by atoms with Crippen molar-refractivity contribution >= 4 is 22.8 Å². The molecule has 0 spiro atoms. The SMILES string of the molecule is CCC(C)CN(CC)c1nc(C(C)C)c(C=O)s1. The Balaban J connectivity index is 2.96. The van der Waals surface area contributed by atoms with Gasteiger partial charge in [-0.25, -0.2) is 4.98 Å². The van der Waals surface area contributed by atoms with Gasteiger partial charge in [-0.3, -0.25) is 4.79 Å². The highest BCUT2D eigenvalue weighted by molar-refractivity contribution is 7.17. The van der Waals surface area contributed by atoms with E-state index in [9.17, 15) is 4.79 Å². The van der Waals surface area contributed by atoms with Crippen molar-refractivity contribution in [1.82, 2.24) is 4.98 Å². The lowest BCUT2D eigenvalue weighted by molar-refractivity contribution is 0.112. The Morgan fingerprint density at radius 3 is 2.39 bits per heavy atom. The summed E-state index contributed by atoms with van der Waals surface area (Å²) >= 11 is 1.52. The third-order valence-electron chi connectivity index (χ3n) is 3.20. The lowest BCUT2D eigenvalue weighted by Gasteiger charge is -2.23. The second kappa shape index (κ2) is 6.88. The molecule has 0 saturated carbocycles. The van der Waals surface area contributed by atoms with Crippen LogP contribution in [0.2, 0.25) is 0 Å². The fourth-order valence-corrected chi connectivity index (χ4v) is 2.92. The minimum Gasteiger partial charge on any atom is -0.348 e. The molecule has 1 rings (SSSR count). The fraction of sp³-hybridized carbons (Fsp3) is 0.714. The highest BCUT2D eigenvalue weighted by atomic mass is 32.1. The Hall–Kier alpha value is -0.900. The third-order valence-corrected chi connectivity index (χ3v) is 4.26. The lowest BCUT2D eigenvalue weighted by Crippen LogP contribution is -2.27. The molecule has 0 aromatic carbocycles. The maximum absolute atomic E-state index is 11.1. The standard InChI is InChI=1S/C14H24N2OS/c1-6-11(5)8-16(7-2)14-15-13(10(3)4)12(9-17)18-14/h9-11H,6-8H2,1-5H3. The highest BCUT2D eigenvalue weighted by Gasteiger charge is 2.18. The first-order valence-electron chi connectivity index (χ1n) is 6.74. The van der Waals surface area contributed by atoms with Gasteiger partial charge in [0.15, 0.2) is 11.4 Å². The minimum absolute atomic E-state index is 0.303. The zero-order valence-corrected chi connectivity index (χ0v) is 12.9. The number of carbonyl (C=O) groups excluding carboxylic acids is 1. The molecule has 0 aliphatic heterocycles. The molecular formula is C14H24N2OS. The fourth-order valence-electron chi connectivity index (χ4n) is 1.81. The number of thiazole rings is 1. The Bertz CT molecular complexity index is 387. The van der Waals surface area contributed by atoms with Crippen LogP contribution in [0.15, 0.2) is 0 Å². The van der Waals surface area contributed by atoms with E-state index in [1.807, 2.05) is 0 Å². The summed E-state index contributed by atoms with van der Waals surface area (Å²) in [6.45, 7) is 12.7. The Morgan fingerprint density at radius 1 is 1.33 bits per heavy atom. The van der Waals surface area contributed by atoms with Crippen LogP contribution in [0.1, 0.15) is 62.3 Å². The van der Waals surface area contributed by atoms with Crippen molar-refractivity contribution in [3.05, 3.63) is 10.6 Å². The van der Waals surface area contributed by atoms with Crippen LogP contribution in [0.5, 0.6) is 0 Å². The largest absolute Gasteiger partial charge is 0.348 e. The molecule has 0 bridgehead atoms. The van der Waals surface area contributed by atoms with Gasteiger partial charge in [0.25, 0.3) is 0 Å². The van der Waals surface area contributed by atoms with E-state index >= 15 is 0 Å². The highest BCUT2D eigenvalue weighted by Crippen LogP contribution is 2.30. The quantitative estimate of drug-likeness (QED) is 0.702. The Kier molecular flexibility index (Phi) is 5.79. The molecule has 0 saturated heterocycles. The van der Waals surface area contributed by atoms with Gasteiger partial charge in [0.2, 0.25) is 0 Å². The first-order valence-corrected chi connectivity index (χ1v) is 7.55. The normalized spacial score (nSPS) is 12.8. The van der Waals surface area contributed by atoms with Crippen LogP contribution in [-0.2, 0) is 0 Å². The predicted octanol–water partition coefficient (Wildman–Crippen LogP) is 3.95. The van der Waals surface area contributed by atoms with Crippen molar-refractivity contribution < 1.29 is 4.79 Å². The van der Waals surface area contributed by atoms with Gasteiger partial charge >= 0.3 is 0 Å². The van der Waals surface area contributed by atoms with E-state index < -0.39 is 0 Å². The van der Waals surface area contributed by atoms with Crippen molar-refractivity contribution in [2.45, 2.75) is 47.0 Å². The van der Waals surface area contributed by atoms with Gasteiger partial charge < -0.3 is 4.90 Å². The molecule has 1 unspecified atom stereocenters. The van der Waals surface area contributed by atoms with Gasteiger partial charge in [-0.2, -0.15) is 0 Å². The van der Waals surface area contributed by atoms with E-state index in [4.69, 9.17) is 0 Å². The van der Waals surface area contributed by atoms with Crippen LogP contribution >= 0.6 is 11.3 Å². The molecule has 0 N–H and O–H groups in total. The molecule has 0 amide bonds. The van der Waals surface area contributed by atoms with Crippen molar-refractivity contribution in [2.75, 3.05) is 18.0 Å². The minimum atomic E-state index is 0.303. The maximum atomic E-state index is 11.1. The lowest BCUT2D eigenvalue weighted by atomic mass is 10.1. The molecule has 102 valence electrons. The second-order valence-corrected chi connectivity index (χ2v) is 6.08. The van der Waals surface area contributed by atoms with E-state index in [1.165, 1.54) is 17.8 Å². The monoisotopic (exact) mass is 268 g/mol. The van der Waals surface area contributed by atoms with Gasteiger partial charge in [-0.05, 0) is 18.8 Å². The molecule has 4 heteroatoms. The van der Waals surface area contributed by atoms with Crippen LogP contribution in [0, 0.1) is 5.92 Å². The van der Waals surface area contributed by atoms with Crippen LogP contribution in [0.3, 0.4) is 0 Å². The molecule has 1 aromatic rings. The van der Waals surface area contributed by atoms with Crippen molar-refractivity contribution in [1.29, 1.82) is 0 Å². The van der Waals surface area contributed by atoms with Gasteiger partial charge in [-0.15, -0.1) is 0 Å². The summed E-state index contributed by atoms with van der Waals surface area (Å²) in [5.41, 5.74) is 0.938. The van der Waals surface area contributed by atoms with E-state index in [0.717, 1.165) is 35.1 Å². The van der Waals surface area contributed by atoms with E-state index in [0.29, 0.717) is 11.8 Å². The zero-order valence-electron chi connectivity index (χ0n) is 12.1. The molecule has 3 nitrogen and oxygen atoms in total. The Labute approximate surface area is 114 Å². The number of rotatable bonds is 7. The Morgan fingerprint density at radius 2 is 2.00 bits per heavy atom. The molecule has 1 heterocycles. The first-order chi connectivity index (χ1) is 8.53. The second-order valence-electron chi connectivity index (χ2n) is 5.07.